The smallest absolute Gasteiger partial charge is 0.316 e. The molecule has 0 radical (unpaired) electrons. The zero-order valence-electron chi connectivity index (χ0n) is 12.4. The normalized spacial score (nSPS) is 10.3. The molecule has 0 amide bonds. The fourth-order valence-corrected chi connectivity index (χ4v) is 2.02. The van der Waals surface area contributed by atoms with Crippen molar-refractivity contribution < 1.29 is 4.92 Å². The van der Waals surface area contributed by atoms with E-state index < -0.39 is 4.92 Å². The van der Waals surface area contributed by atoms with Crippen LogP contribution < -0.4 is 10.2 Å². The number of nitrogens with one attached hydrogen (secondary N) is 1. The van der Waals surface area contributed by atoms with Gasteiger partial charge in [-0.1, -0.05) is 12.1 Å². The Morgan fingerprint density at radius 3 is 2.29 bits per heavy atom. The average molecular weight is 287 g/mol. The van der Waals surface area contributed by atoms with Gasteiger partial charge < -0.3 is 10.2 Å². The van der Waals surface area contributed by atoms with Crippen molar-refractivity contribution >= 4 is 17.3 Å². The molecule has 0 spiro atoms. The van der Waals surface area contributed by atoms with Crippen LogP contribution in [-0.4, -0.2) is 36.0 Å². The summed E-state index contributed by atoms with van der Waals surface area (Å²) < 4.78 is 0. The quantitative estimate of drug-likeness (QED) is 0.687. The summed E-state index contributed by atoms with van der Waals surface area (Å²) >= 11 is 0. The number of hydrogen-bond donors (Lipinski definition) is 1. The van der Waals surface area contributed by atoms with Crippen molar-refractivity contribution in [3.63, 3.8) is 0 Å². The highest BCUT2D eigenvalue weighted by atomic mass is 16.6. The maximum atomic E-state index is 11.3. The summed E-state index contributed by atoms with van der Waals surface area (Å²) in [6.07, 6.45) is 0. The fourth-order valence-electron chi connectivity index (χ4n) is 2.02. The van der Waals surface area contributed by atoms with Crippen molar-refractivity contribution in [3.05, 3.63) is 40.1 Å². The number of nitrogens with zero attached hydrogens (tertiary/aromatic N) is 4. The van der Waals surface area contributed by atoms with E-state index in [1.54, 1.807) is 14.0 Å². The van der Waals surface area contributed by atoms with Crippen LogP contribution in [0.25, 0.3) is 11.3 Å². The average Bonchev–Trinajstić information content (AvgIpc) is 2.45. The van der Waals surface area contributed by atoms with Gasteiger partial charge in [-0.25, -0.2) is 9.97 Å². The van der Waals surface area contributed by atoms with Gasteiger partial charge in [-0.3, -0.25) is 10.1 Å². The lowest BCUT2D eigenvalue weighted by Gasteiger charge is -2.13. The summed E-state index contributed by atoms with van der Waals surface area (Å²) in [6, 6.07) is 7.44. The second-order valence-corrected chi connectivity index (χ2v) is 4.78. The first-order valence-electron chi connectivity index (χ1n) is 6.42. The van der Waals surface area contributed by atoms with Crippen molar-refractivity contribution in [2.75, 3.05) is 31.4 Å². The van der Waals surface area contributed by atoms with E-state index in [1.807, 2.05) is 43.3 Å². The molecule has 0 aliphatic heterocycles. The molecule has 0 atom stereocenters. The molecule has 0 aliphatic carbocycles. The molecule has 7 heteroatoms. The van der Waals surface area contributed by atoms with E-state index in [1.165, 1.54) is 0 Å². The predicted octanol–water partition coefficient (Wildman–Crippen LogP) is 2.47. The summed E-state index contributed by atoms with van der Waals surface area (Å²) in [5, 5.41) is 14.1. The molecule has 0 unspecified atom stereocenters. The van der Waals surface area contributed by atoms with Crippen LogP contribution in [0.4, 0.5) is 17.3 Å². The van der Waals surface area contributed by atoms with Gasteiger partial charge in [0.1, 0.15) is 5.69 Å². The first-order chi connectivity index (χ1) is 9.93. The summed E-state index contributed by atoms with van der Waals surface area (Å²) in [4.78, 5) is 21.1. The molecule has 1 aromatic heterocycles. The Kier molecular flexibility index (Phi) is 4.02. The molecule has 1 N–H and O–H groups in total. The molecular formula is C14H17N5O2. The minimum Gasteiger partial charge on any atom is -0.378 e. The molecule has 1 aromatic carbocycles. The minimum absolute atomic E-state index is 0.0633. The zero-order valence-corrected chi connectivity index (χ0v) is 12.4. The molecule has 1 heterocycles. The summed E-state index contributed by atoms with van der Waals surface area (Å²) in [6.45, 7) is 1.61. The molecule has 0 saturated heterocycles. The van der Waals surface area contributed by atoms with Crippen LogP contribution in [0.1, 0.15) is 5.69 Å². The first-order valence-corrected chi connectivity index (χ1v) is 6.42. The Balaban J connectivity index is 2.60. The van der Waals surface area contributed by atoms with E-state index >= 15 is 0 Å². The molecule has 7 nitrogen and oxygen atoms in total. The van der Waals surface area contributed by atoms with Gasteiger partial charge >= 0.3 is 5.69 Å². The molecule has 2 rings (SSSR count). The Hall–Kier alpha value is -2.70. The number of aromatic nitrogens is 2. The highest BCUT2D eigenvalue weighted by molar-refractivity contribution is 5.73. The van der Waals surface area contributed by atoms with Gasteiger partial charge in [0, 0.05) is 32.4 Å². The molecule has 110 valence electrons. The SMILES string of the molecule is CNc1nc(C)c([N+](=O)[O-])c(-c2ccc(N(C)C)cc2)n1. The Bertz CT molecular complexity index is 668. The summed E-state index contributed by atoms with van der Waals surface area (Å²) in [5.74, 6) is 0.366. The van der Waals surface area contributed by atoms with Gasteiger partial charge in [0.05, 0.1) is 4.92 Å². The number of nitro groups is 1. The fraction of sp³-hybridized carbons (Fsp3) is 0.286. The van der Waals surface area contributed by atoms with E-state index in [2.05, 4.69) is 15.3 Å². The number of rotatable bonds is 4. The van der Waals surface area contributed by atoms with E-state index in [4.69, 9.17) is 0 Å². The molecule has 0 bridgehead atoms. The number of anilines is 2. The van der Waals surface area contributed by atoms with Crippen LogP contribution in [-0.2, 0) is 0 Å². The van der Waals surface area contributed by atoms with Crippen LogP contribution in [0.3, 0.4) is 0 Å². The van der Waals surface area contributed by atoms with E-state index in [0.717, 1.165) is 5.69 Å². The molecule has 0 saturated carbocycles. The van der Waals surface area contributed by atoms with Crippen molar-refractivity contribution in [3.8, 4) is 11.3 Å². The summed E-state index contributed by atoms with van der Waals surface area (Å²) in [7, 11) is 5.55. The lowest BCUT2D eigenvalue weighted by atomic mass is 10.1. The first kappa shape index (κ1) is 14.7. The van der Waals surface area contributed by atoms with E-state index in [-0.39, 0.29) is 5.69 Å². The minimum atomic E-state index is -0.441. The molecule has 0 fully saturated rings. The van der Waals surface area contributed by atoms with Gasteiger partial charge in [-0.2, -0.15) is 0 Å². The predicted molar refractivity (Wildman–Crippen MR) is 82.7 cm³/mol. The van der Waals surface area contributed by atoms with Gasteiger partial charge in [0.15, 0.2) is 5.69 Å². The largest absolute Gasteiger partial charge is 0.378 e. The van der Waals surface area contributed by atoms with Gasteiger partial charge in [0.2, 0.25) is 5.95 Å². The lowest BCUT2D eigenvalue weighted by Crippen LogP contribution is -2.08. The number of benzene rings is 1. The van der Waals surface area contributed by atoms with E-state index in [0.29, 0.717) is 22.9 Å². The highest BCUT2D eigenvalue weighted by Crippen LogP contribution is 2.31. The molecule has 2 aromatic rings. The van der Waals surface area contributed by atoms with Crippen LogP contribution in [0.15, 0.2) is 24.3 Å². The van der Waals surface area contributed by atoms with Crippen molar-refractivity contribution in [2.24, 2.45) is 0 Å². The second kappa shape index (κ2) is 5.74. The highest BCUT2D eigenvalue weighted by Gasteiger charge is 2.23. The number of hydrogen-bond acceptors (Lipinski definition) is 6. The van der Waals surface area contributed by atoms with Crippen LogP contribution in [0.2, 0.25) is 0 Å². The van der Waals surface area contributed by atoms with Gasteiger partial charge in [-0.15, -0.1) is 0 Å². The summed E-state index contributed by atoms with van der Waals surface area (Å²) in [5.41, 5.74) is 2.30. The third-order valence-corrected chi connectivity index (χ3v) is 3.12. The van der Waals surface area contributed by atoms with Crippen LogP contribution >= 0.6 is 0 Å². The Morgan fingerprint density at radius 1 is 1.19 bits per heavy atom. The van der Waals surface area contributed by atoms with Crippen molar-refractivity contribution in [1.29, 1.82) is 0 Å². The Morgan fingerprint density at radius 2 is 1.81 bits per heavy atom. The Labute approximate surface area is 122 Å². The second-order valence-electron chi connectivity index (χ2n) is 4.78. The standard InChI is InChI=1S/C14H17N5O2/c1-9-13(19(20)21)12(17-14(15-2)16-9)10-5-7-11(8-6-10)18(3)4/h5-8H,1-4H3,(H,15,16,17). The third kappa shape index (κ3) is 2.91. The van der Waals surface area contributed by atoms with Crippen LogP contribution in [0.5, 0.6) is 0 Å². The van der Waals surface area contributed by atoms with Crippen molar-refractivity contribution in [1.82, 2.24) is 9.97 Å². The molecular weight excluding hydrogens is 270 g/mol. The monoisotopic (exact) mass is 287 g/mol. The van der Waals surface area contributed by atoms with Gasteiger partial charge in [0.25, 0.3) is 0 Å². The van der Waals surface area contributed by atoms with Crippen molar-refractivity contribution in [2.45, 2.75) is 6.92 Å². The molecule has 21 heavy (non-hydrogen) atoms. The number of aryl methyl sites for hydroxylation is 1. The lowest BCUT2D eigenvalue weighted by molar-refractivity contribution is -0.385. The van der Waals surface area contributed by atoms with Crippen LogP contribution in [0, 0.1) is 17.0 Å². The maximum Gasteiger partial charge on any atom is 0.316 e. The molecule has 0 aliphatic rings. The zero-order chi connectivity index (χ0) is 15.6. The topological polar surface area (TPSA) is 84.2 Å². The third-order valence-electron chi connectivity index (χ3n) is 3.12. The van der Waals surface area contributed by atoms with E-state index in [9.17, 15) is 10.1 Å². The van der Waals surface area contributed by atoms with Gasteiger partial charge in [-0.05, 0) is 19.1 Å². The maximum absolute atomic E-state index is 11.3.